The number of para-hydroxylation sites is 1. The summed E-state index contributed by atoms with van der Waals surface area (Å²) < 4.78 is 5.77. The average molecular weight is 572 g/mol. The van der Waals surface area contributed by atoms with Gasteiger partial charge in [-0.1, -0.05) is 6.07 Å². The number of methoxy groups -OCH3 is 1. The molecule has 0 unspecified atom stereocenters. The fourth-order valence-corrected chi connectivity index (χ4v) is 4.01. The van der Waals surface area contributed by atoms with E-state index in [-0.39, 0.29) is 24.3 Å². The lowest BCUT2D eigenvalue weighted by atomic mass is 9.49. The number of benzene rings is 1. The van der Waals surface area contributed by atoms with Crippen LogP contribution in [0.15, 0.2) is 36.7 Å². The zero-order chi connectivity index (χ0) is 30.7. The van der Waals surface area contributed by atoms with Gasteiger partial charge in [0.15, 0.2) is 5.75 Å². The van der Waals surface area contributed by atoms with Crippen LogP contribution in [0.4, 0.5) is 17.2 Å². The average Bonchev–Trinajstić information content (AvgIpc) is 3.65. The number of rotatable bonds is 12. The lowest BCUT2D eigenvalue weighted by molar-refractivity contribution is -0.136. The van der Waals surface area contributed by atoms with Gasteiger partial charge in [-0.25, -0.2) is 4.98 Å². The number of pyridine rings is 1. The number of ether oxygens (including phenoxy) is 1. The van der Waals surface area contributed by atoms with Gasteiger partial charge in [-0.05, 0) is 44.1 Å². The van der Waals surface area contributed by atoms with Crippen molar-refractivity contribution >= 4 is 58.5 Å². The van der Waals surface area contributed by atoms with Gasteiger partial charge in [0.05, 0.1) is 36.8 Å². The highest BCUT2D eigenvalue weighted by Crippen LogP contribution is 2.38. The minimum absolute atomic E-state index is 0.00458. The quantitative estimate of drug-likeness (QED) is 0.163. The molecule has 0 aliphatic heterocycles. The largest absolute Gasteiger partial charge is 0.494 e. The molecule has 0 radical (unpaired) electrons. The van der Waals surface area contributed by atoms with Crippen LogP contribution in [0.3, 0.4) is 0 Å². The van der Waals surface area contributed by atoms with Crippen molar-refractivity contribution < 1.29 is 24.2 Å². The normalized spacial score (nSPS) is 13.2. The number of amides is 3. The Balaban J connectivity index is 1.60. The van der Waals surface area contributed by atoms with Crippen LogP contribution in [0.5, 0.6) is 5.75 Å². The number of nitrogens with zero attached hydrogens (tertiary/aromatic N) is 4. The highest BCUT2D eigenvalue weighted by Gasteiger charge is 2.30. The van der Waals surface area contributed by atoms with Crippen LogP contribution >= 0.6 is 0 Å². The van der Waals surface area contributed by atoms with Gasteiger partial charge < -0.3 is 31.1 Å². The summed E-state index contributed by atoms with van der Waals surface area (Å²) in [5, 5.41) is 29.8. The minimum Gasteiger partial charge on any atom is -0.494 e. The van der Waals surface area contributed by atoms with Crippen molar-refractivity contribution in [3.05, 3.63) is 42.2 Å². The highest BCUT2D eigenvalue weighted by atomic mass is 16.5. The number of carbonyl (C=O) groups is 3. The second-order valence-electron chi connectivity index (χ2n) is 11.7. The first-order valence-electron chi connectivity index (χ1n) is 13.7. The van der Waals surface area contributed by atoms with Crippen molar-refractivity contribution in [2.75, 3.05) is 24.3 Å². The van der Waals surface area contributed by atoms with Gasteiger partial charge in [0.25, 0.3) is 11.8 Å². The molecule has 16 heteroatoms. The van der Waals surface area contributed by atoms with E-state index in [1.165, 1.54) is 32.0 Å². The van der Waals surface area contributed by atoms with E-state index in [9.17, 15) is 19.5 Å². The van der Waals surface area contributed by atoms with Gasteiger partial charge in [-0.2, -0.15) is 15.0 Å². The van der Waals surface area contributed by atoms with Crippen LogP contribution in [0, 0.1) is 5.92 Å². The number of nitrogens with one attached hydrogen (secondary N) is 4. The topological polar surface area (TPSA) is 172 Å². The van der Waals surface area contributed by atoms with E-state index in [1.54, 1.807) is 18.3 Å². The van der Waals surface area contributed by atoms with Crippen LogP contribution in [-0.4, -0.2) is 90.8 Å². The number of anilines is 3. The molecule has 42 heavy (non-hydrogen) atoms. The lowest BCUT2D eigenvalue weighted by Gasteiger charge is -2.22. The van der Waals surface area contributed by atoms with Gasteiger partial charge in [0.1, 0.15) is 40.7 Å². The molecule has 2 heterocycles. The second-order valence-corrected chi connectivity index (χ2v) is 11.7. The molecule has 1 aliphatic carbocycles. The lowest BCUT2D eigenvalue weighted by Crippen LogP contribution is -2.50. The molecular weight excluding hydrogens is 537 g/mol. The Labute approximate surface area is 246 Å². The predicted molar refractivity (Wildman–Crippen MR) is 166 cm³/mol. The van der Waals surface area contributed by atoms with Crippen molar-refractivity contribution in [3.63, 3.8) is 0 Å². The van der Waals surface area contributed by atoms with Gasteiger partial charge in [0.2, 0.25) is 5.91 Å². The van der Waals surface area contributed by atoms with Gasteiger partial charge in [-0.3, -0.25) is 14.4 Å². The second kappa shape index (κ2) is 12.3. The molecule has 1 aromatic carbocycles. The van der Waals surface area contributed by atoms with E-state index in [1.807, 2.05) is 35.7 Å². The fraction of sp³-hybridized carbons (Fsp3) is 0.385. The molecule has 0 bridgehead atoms. The Kier molecular flexibility index (Phi) is 8.95. The van der Waals surface area contributed by atoms with Crippen molar-refractivity contribution in [3.8, 4) is 17.0 Å². The molecular formula is C26H35B3N8O5. The van der Waals surface area contributed by atoms with Crippen LogP contribution in [0.2, 0.25) is 0 Å². The summed E-state index contributed by atoms with van der Waals surface area (Å²) in [7, 11) is 7.19. The number of aliphatic hydroxyl groups is 1. The Bertz CT molecular complexity index is 1480. The first-order chi connectivity index (χ1) is 19.7. The molecule has 3 amide bonds. The molecule has 1 saturated carbocycles. The maximum Gasteiger partial charge on any atom is 0.253 e. The summed E-state index contributed by atoms with van der Waals surface area (Å²) in [6.45, 7) is 3.35. The van der Waals surface area contributed by atoms with Crippen LogP contribution < -0.4 is 26.0 Å². The van der Waals surface area contributed by atoms with E-state index >= 15 is 0 Å². The SMILES string of the molecule is BC(B)(B)NC(=O)c1cnc(NC(=O)C2CC2)cc1Nc1cccc(-c2cnn(CCNC(=O)C(C)(C)O)n2)c1OC. The van der Waals surface area contributed by atoms with Crippen molar-refractivity contribution in [1.82, 2.24) is 30.6 Å². The minimum atomic E-state index is -1.48. The molecule has 218 valence electrons. The zero-order valence-electron chi connectivity index (χ0n) is 24.7. The predicted octanol–water partition coefficient (Wildman–Crippen LogP) is -1.43. The van der Waals surface area contributed by atoms with Gasteiger partial charge >= 0.3 is 0 Å². The van der Waals surface area contributed by atoms with Crippen molar-refractivity contribution in [1.29, 1.82) is 0 Å². The van der Waals surface area contributed by atoms with Gasteiger partial charge in [0, 0.05) is 30.3 Å². The summed E-state index contributed by atoms with van der Waals surface area (Å²) in [5.74, 6) is -0.124. The number of carbonyl (C=O) groups excluding carboxylic acids is 3. The standard InChI is InChI=1S/C26H35B3N8O5/c1-25(2,41)24(40)30-9-10-37-32-13-19(36-37)15-5-4-6-17(21(15)42-3)33-18-11-20(34-22(38)14-7-8-14)31-12-16(18)23(39)35-26(27,28)29/h4-6,11-14,41H,7-10,27-29H2,1-3H3,(H,30,40)(H,35,39)(H2,31,33,34,38). The maximum absolute atomic E-state index is 13.2. The smallest absolute Gasteiger partial charge is 0.253 e. The van der Waals surface area contributed by atoms with Crippen molar-refractivity contribution in [2.24, 2.45) is 5.92 Å². The molecule has 2 aromatic heterocycles. The van der Waals surface area contributed by atoms with Crippen LogP contribution in [-0.2, 0) is 16.1 Å². The molecule has 13 nitrogen and oxygen atoms in total. The van der Waals surface area contributed by atoms with Crippen LogP contribution in [0.1, 0.15) is 37.0 Å². The summed E-state index contributed by atoms with van der Waals surface area (Å²) in [5.41, 5.74) is 0.973. The Hall–Kier alpha value is -4.33. The molecule has 0 spiro atoms. The van der Waals surface area contributed by atoms with E-state index in [2.05, 4.69) is 36.4 Å². The Morgan fingerprint density at radius 2 is 1.88 bits per heavy atom. The Morgan fingerprint density at radius 1 is 1.14 bits per heavy atom. The Morgan fingerprint density at radius 3 is 2.52 bits per heavy atom. The molecule has 1 aliphatic rings. The van der Waals surface area contributed by atoms with E-state index in [0.29, 0.717) is 46.3 Å². The number of aromatic nitrogens is 4. The summed E-state index contributed by atoms with van der Waals surface area (Å²) in [6, 6.07) is 7.07. The molecule has 4 rings (SSSR count). The van der Waals surface area contributed by atoms with Crippen molar-refractivity contribution in [2.45, 2.75) is 44.1 Å². The number of hydrogen-bond acceptors (Lipinski definition) is 9. The molecule has 5 N–H and O–H groups in total. The first kappa shape index (κ1) is 30.6. The summed E-state index contributed by atoms with van der Waals surface area (Å²) in [4.78, 5) is 43.2. The van der Waals surface area contributed by atoms with E-state index in [0.717, 1.165) is 12.8 Å². The third-order valence-corrected chi connectivity index (χ3v) is 6.29. The molecule has 0 atom stereocenters. The van der Waals surface area contributed by atoms with E-state index < -0.39 is 16.7 Å². The highest BCUT2D eigenvalue weighted by molar-refractivity contribution is 6.60. The molecule has 0 saturated heterocycles. The van der Waals surface area contributed by atoms with E-state index in [4.69, 9.17) is 4.74 Å². The zero-order valence-corrected chi connectivity index (χ0v) is 24.7. The monoisotopic (exact) mass is 572 g/mol. The summed E-state index contributed by atoms with van der Waals surface area (Å²) >= 11 is 0. The number of hydrogen-bond donors (Lipinski definition) is 5. The third-order valence-electron chi connectivity index (χ3n) is 6.29. The fourth-order valence-electron chi connectivity index (χ4n) is 4.01. The third kappa shape index (κ3) is 7.90. The van der Waals surface area contributed by atoms with Crippen LogP contribution in [0.25, 0.3) is 11.3 Å². The summed E-state index contributed by atoms with van der Waals surface area (Å²) in [6.07, 6.45) is 4.73. The molecule has 1 fully saturated rings. The maximum atomic E-state index is 13.2. The van der Waals surface area contributed by atoms with Gasteiger partial charge in [-0.15, -0.1) is 0 Å². The first-order valence-corrected chi connectivity index (χ1v) is 13.7. The molecule has 3 aromatic rings.